The van der Waals surface area contributed by atoms with E-state index in [1.165, 1.54) is 12.1 Å². The molecule has 0 spiro atoms. The van der Waals surface area contributed by atoms with Crippen molar-refractivity contribution in [2.24, 2.45) is 0 Å². The van der Waals surface area contributed by atoms with Gasteiger partial charge in [-0.2, -0.15) is 15.8 Å². The fourth-order valence-corrected chi connectivity index (χ4v) is 5.36. The first-order valence-corrected chi connectivity index (χ1v) is 12.7. The quantitative estimate of drug-likeness (QED) is 0.219. The van der Waals surface area contributed by atoms with Crippen molar-refractivity contribution >= 4 is 32.7 Å². The lowest BCUT2D eigenvalue weighted by molar-refractivity contribution is 0.316. The average Bonchev–Trinajstić information content (AvgIpc) is 3.53. The number of nitriles is 3. The van der Waals surface area contributed by atoms with Crippen LogP contribution in [0.3, 0.4) is 0 Å². The van der Waals surface area contributed by atoms with Crippen LogP contribution < -0.4 is 0 Å². The van der Waals surface area contributed by atoms with Crippen LogP contribution in [-0.4, -0.2) is 15.3 Å². The summed E-state index contributed by atoms with van der Waals surface area (Å²) in [7, 11) is 0. The van der Waals surface area contributed by atoms with Crippen molar-refractivity contribution in [3.63, 3.8) is 0 Å². The maximum atomic E-state index is 9.70. The molecule has 2 heterocycles. The molecule has 0 fully saturated rings. The van der Waals surface area contributed by atoms with Crippen molar-refractivity contribution in [3.05, 3.63) is 114 Å². The molecule has 0 saturated heterocycles. The molecule has 7 rings (SSSR count). The van der Waals surface area contributed by atoms with Gasteiger partial charge in [0.2, 0.25) is 0 Å². The number of rotatable bonds is 3. The van der Waals surface area contributed by atoms with Gasteiger partial charge in [0.1, 0.15) is 11.0 Å². The molecule has 2 aromatic heterocycles. The smallest absolute Gasteiger partial charge is 0.143 e. The van der Waals surface area contributed by atoms with Gasteiger partial charge in [-0.3, -0.25) is 0 Å². The Balaban J connectivity index is 1.39. The van der Waals surface area contributed by atoms with E-state index >= 15 is 0 Å². The van der Waals surface area contributed by atoms with Gasteiger partial charge in [-0.15, -0.1) is 0 Å². The van der Waals surface area contributed by atoms with E-state index in [2.05, 4.69) is 22.5 Å². The maximum Gasteiger partial charge on any atom is 0.143 e. The molecule has 7 aromatic rings. The summed E-state index contributed by atoms with van der Waals surface area (Å²) in [6.07, 6.45) is 0. The third-order valence-corrected chi connectivity index (χ3v) is 7.24. The van der Waals surface area contributed by atoms with Gasteiger partial charge in [0.15, 0.2) is 0 Å². The average molecular weight is 525 g/mol. The minimum Gasteiger partial charge on any atom is -0.247 e. The zero-order chi connectivity index (χ0) is 27.9. The second kappa shape index (κ2) is 9.43. The second-order valence-corrected chi connectivity index (χ2v) is 9.54. The SMILES string of the molecule is N#Cc1cc(C#N)c(-c2ccc(-c3ccc4c(c3)nc(-c3ccccc3)c3ccc5nonc5c34)cc2)c(C#N)c1. The van der Waals surface area contributed by atoms with Crippen molar-refractivity contribution in [2.45, 2.75) is 0 Å². The Labute approximate surface area is 233 Å². The van der Waals surface area contributed by atoms with Crippen molar-refractivity contribution < 1.29 is 4.63 Å². The van der Waals surface area contributed by atoms with Crippen LogP contribution in [0, 0.1) is 34.0 Å². The van der Waals surface area contributed by atoms with Gasteiger partial charge in [-0.25, -0.2) is 9.61 Å². The normalized spacial score (nSPS) is 10.9. The van der Waals surface area contributed by atoms with Gasteiger partial charge in [0, 0.05) is 27.3 Å². The minimum absolute atomic E-state index is 0.281. The van der Waals surface area contributed by atoms with E-state index in [1.807, 2.05) is 91.0 Å². The first kappa shape index (κ1) is 23.7. The molecule has 7 heteroatoms. The second-order valence-electron chi connectivity index (χ2n) is 9.54. The highest BCUT2D eigenvalue weighted by atomic mass is 16.6. The van der Waals surface area contributed by atoms with Gasteiger partial charge >= 0.3 is 0 Å². The highest BCUT2D eigenvalue weighted by Crippen LogP contribution is 2.38. The van der Waals surface area contributed by atoms with Crippen LogP contribution in [0.1, 0.15) is 16.7 Å². The Bertz CT molecular complexity index is 2250. The summed E-state index contributed by atoms with van der Waals surface area (Å²) in [5, 5.41) is 39.8. The molecule has 0 aliphatic heterocycles. The van der Waals surface area contributed by atoms with Gasteiger partial charge in [-0.1, -0.05) is 66.7 Å². The Morgan fingerprint density at radius 1 is 0.561 bits per heavy atom. The highest BCUT2D eigenvalue weighted by Gasteiger charge is 2.17. The van der Waals surface area contributed by atoms with Crippen LogP contribution in [0.4, 0.5) is 0 Å². The summed E-state index contributed by atoms with van der Waals surface area (Å²) in [5.41, 5.74) is 8.03. The summed E-state index contributed by atoms with van der Waals surface area (Å²) in [6, 6.07) is 37.0. The highest BCUT2D eigenvalue weighted by molar-refractivity contribution is 6.20. The molecule has 5 aromatic carbocycles. The van der Waals surface area contributed by atoms with Crippen molar-refractivity contribution in [1.82, 2.24) is 15.3 Å². The fraction of sp³-hybridized carbons (Fsp3) is 0. The van der Waals surface area contributed by atoms with E-state index in [4.69, 9.17) is 9.61 Å². The zero-order valence-electron chi connectivity index (χ0n) is 21.3. The van der Waals surface area contributed by atoms with E-state index in [0.717, 1.165) is 49.6 Å². The number of hydrogen-bond acceptors (Lipinski definition) is 7. The molecule has 0 N–H and O–H groups in total. The van der Waals surface area contributed by atoms with Crippen molar-refractivity contribution in [3.8, 4) is 51.7 Å². The number of nitrogens with zero attached hydrogens (tertiary/aromatic N) is 6. The topological polar surface area (TPSA) is 123 Å². The summed E-state index contributed by atoms with van der Waals surface area (Å²) >= 11 is 0. The number of benzene rings is 5. The first-order valence-electron chi connectivity index (χ1n) is 12.7. The zero-order valence-corrected chi connectivity index (χ0v) is 21.3. The van der Waals surface area contributed by atoms with Gasteiger partial charge < -0.3 is 0 Å². The summed E-state index contributed by atoms with van der Waals surface area (Å²) < 4.78 is 5.08. The van der Waals surface area contributed by atoms with Gasteiger partial charge in [0.25, 0.3) is 0 Å². The number of hydrogen-bond donors (Lipinski definition) is 0. The Kier molecular flexibility index (Phi) is 5.46. The summed E-state index contributed by atoms with van der Waals surface area (Å²) in [6.45, 7) is 0. The maximum absolute atomic E-state index is 9.70. The third-order valence-electron chi connectivity index (χ3n) is 7.24. The lowest BCUT2D eigenvalue weighted by atomic mass is 9.92. The molecule has 0 aliphatic rings. The van der Waals surface area contributed by atoms with Crippen LogP contribution in [-0.2, 0) is 0 Å². The molecule has 188 valence electrons. The van der Waals surface area contributed by atoms with Crippen LogP contribution >= 0.6 is 0 Å². The molecule has 0 unspecified atom stereocenters. The van der Waals surface area contributed by atoms with Gasteiger partial charge in [-0.05, 0) is 57.3 Å². The predicted molar refractivity (Wildman–Crippen MR) is 155 cm³/mol. The molecule has 0 bridgehead atoms. The first-order chi connectivity index (χ1) is 20.2. The molecule has 41 heavy (non-hydrogen) atoms. The lowest BCUT2D eigenvalue weighted by Gasteiger charge is -2.12. The monoisotopic (exact) mass is 524 g/mol. The fourth-order valence-electron chi connectivity index (χ4n) is 5.36. The molecular weight excluding hydrogens is 508 g/mol. The molecule has 0 aliphatic carbocycles. The van der Waals surface area contributed by atoms with Crippen LogP contribution in [0.5, 0.6) is 0 Å². The van der Waals surface area contributed by atoms with E-state index in [1.54, 1.807) is 0 Å². The molecule has 7 nitrogen and oxygen atoms in total. The van der Waals surface area contributed by atoms with Crippen LogP contribution in [0.15, 0.2) is 102 Å². The van der Waals surface area contributed by atoms with Crippen LogP contribution in [0.25, 0.3) is 66.2 Å². The number of pyridine rings is 1. The van der Waals surface area contributed by atoms with Crippen LogP contribution in [0.2, 0.25) is 0 Å². The molecule has 0 radical (unpaired) electrons. The molecular formula is C34H16N6O. The minimum atomic E-state index is 0.281. The molecule has 0 amide bonds. The number of aromatic nitrogens is 3. The summed E-state index contributed by atoms with van der Waals surface area (Å²) in [4.78, 5) is 5.10. The van der Waals surface area contributed by atoms with Crippen molar-refractivity contribution in [1.29, 1.82) is 15.8 Å². The Morgan fingerprint density at radius 3 is 1.95 bits per heavy atom. The van der Waals surface area contributed by atoms with Gasteiger partial charge in [0.05, 0.1) is 46.1 Å². The standard InChI is InChI=1S/C34H16N6O/c35-17-20-14-25(18-36)31(26(15-20)19-37)22-8-6-21(7-9-22)24-10-11-27-30(16-24)38-33(23-4-2-1-3-5-23)28-12-13-29-34(32(27)28)40-41-39-29/h1-16H. The number of fused-ring (bicyclic) bond motifs is 5. The predicted octanol–water partition coefficient (Wildman–Crippen LogP) is 7.54. The van der Waals surface area contributed by atoms with E-state index in [-0.39, 0.29) is 16.7 Å². The molecule has 0 atom stereocenters. The van der Waals surface area contributed by atoms with E-state index in [9.17, 15) is 15.8 Å². The van der Waals surface area contributed by atoms with E-state index in [0.29, 0.717) is 16.6 Å². The third kappa shape index (κ3) is 3.84. The Morgan fingerprint density at radius 2 is 1.24 bits per heavy atom. The van der Waals surface area contributed by atoms with Crippen molar-refractivity contribution in [2.75, 3.05) is 0 Å². The molecule has 0 saturated carbocycles. The Hall–Kier alpha value is -6.36. The summed E-state index contributed by atoms with van der Waals surface area (Å²) in [5.74, 6) is 0. The largest absolute Gasteiger partial charge is 0.247 e. The van der Waals surface area contributed by atoms with E-state index < -0.39 is 0 Å². The lowest BCUT2D eigenvalue weighted by Crippen LogP contribution is -1.93.